The van der Waals surface area contributed by atoms with Gasteiger partial charge in [-0.2, -0.15) is 4.98 Å². The molecular weight excluding hydrogens is 379 g/mol. The molecule has 0 fully saturated rings. The highest BCUT2D eigenvalue weighted by atomic mass is 32.2. The van der Waals surface area contributed by atoms with Gasteiger partial charge in [-0.1, -0.05) is 23.9 Å². The van der Waals surface area contributed by atoms with Crippen LogP contribution in [0.1, 0.15) is 24.1 Å². The van der Waals surface area contributed by atoms with Gasteiger partial charge in [0.25, 0.3) is 0 Å². The fourth-order valence-corrected chi connectivity index (χ4v) is 4.19. The molecule has 1 aliphatic carbocycles. The van der Waals surface area contributed by atoms with E-state index in [4.69, 9.17) is 0 Å². The number of carbonyl (C=O) groups is 1. The number of likely N-dealkylation sites (N-methyl/N-ethyl adjacent to an activating group) is 1. The third-order valence-corrected chi connectivity index (χ3v) is 5.79. The van der Waals surface area contributed by atoms with Gasteiger partial charge in [0.05, 0.1) is 38.6 Å². The fourth-order valence-electron chi connectivity index (χ4n) is 3.32. The minimum Gasteiger partial charge on any atom is -0.338 e. The number of amides is 1. The summed E-state index contributed by atoms with van der Waals surface area (Å²) in [4.78, 5) is 30.4. The van der Waals surface area contributed by atoms with Gasteiger partial charge >= 0.3 is 5.69 Å². The van der Waals surface area contributed by atoms with E-state index in [9.17, 15) is 14.0 Å². The Kier molecular flexibility index (Phi) is 6.85. The molecule has 0 atom stereocenters. The number of nitrogens with zero attached hydrogens (tertiary/aromatic N) is 2. The minimum atomic E-state index is -0.470. The molecule has 1 amide bonds. The van der Waals surface area contributed by atoms with Gasteiger partial charge in [-0.05, 0) is 37.8 Å². The second kappa shape index (κ2) is 9.34. The average molecular weight is 406 g/mol. The summed E-state index contributed by atoms with van der Waals surface area (Å²) in [6.45, 7) is 1.50. The number of hydrogen-bond donors (Lipinski definition) is 2. The van der Waals surface area contributed by atoms with E-state index in [1.165, 1.54) is 28.8 Å². The van der Waals surface area contributed by atoms with Gasteiger partial charge in [0.15, 0.2) is 0 Å². The Labute approximate surface area is 168 Å². The molecule has 0 bridgehead atoms. The molecule has 1 aliphatic rings. The van der Waals surface area contributed by atoms with Crippen molar-refractivity contribution in [2.45, 2.75) is 37.3 Å². The van der Waals surface area contributed by atoms with E-state index in [0.717, 1.165) is 43.5 Å². The van der Waals surface area contributed by atoms with Crippen LogP contribution in [0.15, 0.2) is 34.1 Å². The molecule has 0 spiro atoms. The van der Waals surface area contributed by atoms with Gasteiger partial charge in [-0.3, -0.25) is 9.36 Å². The zero-order valence-corrected chi connectivity index (χ0v) is 17.1. The van der Waals surface area contributed by atoms with Crippen molar-refractivity contribution in [2.24, 2.45) is 0 Å². The normalized spacial score (nSPS) is 13.4. The zero-order valence-electron chi connectivity index (χ0n) is 16.3. The maximum atomic E-state index is 13.7. The lowest BCUT2D eigenvalue weighted by molar-refractivity contribution is -0.859. The van der Waals surface area contributed by atoms with Crippen molar-refractivity contribution < 1.29 is 14.1 Å². The van der Waals surface area contributed by atoms with E-state index in [0.29, 0.717) is 11.6 Å². The Morgan fingerprint density at radius 1 is 1.29 bits per heavy atom. The van der Waals surface area contributed by atoms with Crippen molar-refractivity contribution in [3.63, 3.8) is 0 Å². The predicted molar refractivity (Wildman–Crippen MR) is 109 cm³/mol. The minimum absolute atomic E-state index is 0.0824. The van der Waals surface area contributed by atoms with Gasteiger partial charge in [0.2, 0.25) is 5.91 Å². The van der Waals surface area contributed by atoms with E-state index in [-0.39, 0.29) is 23.0 Å². The molecular formula is C20H26FN4O2S+. The quantitative estimate of drug-likeness (QED) is 0.535. The van der Waals surface area contributed by atoms with E-state index < -0.39 is 5.82 Å². The number of rotatable bonds is 7. The molecule has 2 N–H and O–H groups in total. The Balaban J connectivity index is 1.75. The maximum absolute atomic E-state index is 13.7. The molecule has 0 aliphatic heterocycles. The Morgan fingerprint density at radius 2 is 2.04 bits per heavy atom. The number of carbonyl (C=O) groups excluding carboxylic acids is 1. The summed E-state index contributed by atoms with van der Waals surface area (Å²) in [6, 6.07) is 6.06. The molecule has 1 heterocycles. The number of halogens is 1. The molecule has 3 rings (SSSR count). The maximum Gasteiger partial charge on any atom is 0.349 e. The Morgan fingerprint density at radius 3 is 2.79 bits per heavy atom. The SMILES string of the molecule is C[NH+](C)CCn1c2c(c(SCC(=O)Nc3ccccc3F)nc1=O)CCCC2. The number of para-hydroxylation sites is 1. The monoisotopic (exact) mass is 405 g/mol. The summed E-state index contributed by atoms with van der Waals surface area (Å²) in [5.41, 5.74) is 2.05. The van der Waals surface area contributed by atoms with Crippen LogP contribution in [-0.2, 0) is 24.2 Å². The zero-order chi connectivity index (χ0) is 20.1. The van der Waals surface area contributed by atoms with Crippen molar-refractivity contribution >= 4 is 23.4 Å². The molecule has 6 nitrogen and oxygen atoms in total. The number of aromatic nitrogens is 2. The first-order valence-electron chi connectivity index (χ1n) is 9.54. The molecule has 1 aromatic carbocycles. The highest BCUT2D eigenvalue weighted by Crippen LogP contribution is 2.28. The summed E-state index contributed by atoms with van der Waals surface area (Å²) < 4.78 is 15.5. The molecule has 2 aromatic rings. The number of fused-ring (bicyclic) bond motifs is 1. The first-order valence-corrected chi connectivity index (χ1v) is 10.5. The second-order valence-corrected chi connectivity index (χ2v) is 8.22. The van der Waals surface area contributed by atoms with Crippen LogP contribution in [0.5, 0.6) is 0 Å². The van der Waals surface area contributed by atoms with Crippen LogP contribution in [0.2, 0.25) is 0 Å². The first-order chi connectivity index (χ1) is 13.5. The van der Waals surface area contributed by atoms with Gasteiger partial charge in [0, 0.05) is 11.3 Å². The first kappa shape index (κ1) is 20.5. The lowest BCUT2D eigenvalue weighted by Crippen LogP contribution is -3.06. The van der Waals surface area contributed by atoms with Crippen LogP contribution in [0.3, 0.4) is 0 Å². The molecule has 28 heavy (non-hydrogen) atoms. The third-order valence-electron chi connectivity index (χ3n) is 4.77. The summed E-state index contributed by atoms with van der Waals surface area (Å²) in [5, 5.41) is 3.21. The number of anilines is 1. The highest BCUT2D eigenvalue weighted by molar-refractivity contribution is 8.00. The highest BCUT2D eigenvalue weighted by Gasteiger charge is 2.21. The van der Waals surface area contributed by atoms with E-state index in [2.05, 4.69) is 24.4 Å². The Bertz CT molecular complexity index is 914. The lowest BCUT2D eigenvalue weighted by Gasteiger charge is -2.23. The van der Waals surface area contributed by atoms with Crippen LogP contribution in [0.4, 0.5) is 10.1 Å². The lowest BCUT2D eigenvalue weighted by atomic mass is 9.97. The molecule has 0 saturated carbocycles. The number of benzene rings is 1. The van der Waals surface area contributed by atoms with E-state index in [1.807, 2.05) is 0 Å². The van der Waals surface area contributed by atoms with Crippen molar-refractivity contribution in [2.75, 3.05) is 31.7 Å². The second-order valence-electron chi connectivity index (χ2n) is 7.26. The molecule has 1 aromatic heterocycles. The summed E-state index contributed by atoms with van der Waals surface area (Å²) >= 11 is 1.25. The third kappa shape index (κ3) is 4.99. The summed E-state index contributed by atoms with van der Waals surface area (Å²) in [7, 11) is 4.12. The Hall–Kier alpha value is -2.19. The van der Waals surface area contributed by atoms with Crippen LogP contribution in [0, 0.1) is 5.82 Å². The molecule has 0 saturated heterocycles. The molecule has 150 valence electrons. The summed E-state index contributed by atoms with van der Waals surface area (Å²) in [6.07, 6.45) is 3.85. The average Bonchev–Trinajstić information content (AvgIpc) is 2.67. The largest absolute Gasteiger partial charge is 0.349 e. The van der Waals surface area contributed by atoms with Crippen LogP contribution in [0.25, 0.3) is 0 Å². The van der Waals surface area contributed by atoms with Crippen LogP contribution in [-0.4, -0.2) is 41.9 Å². The summed E-state index contributed by atoms with van der Waals surface area (Å²) in [5.74, 6) is -0.706. The van der Waals surface area contributed by atoms with Gasteiger partial charge in [-0.25, -0.2) is 9.18 Å². The smallest absolute Gasteiger partial charge is 0.338 e. The van der Waals surface area contributed by atoms with Crippen LogP contribution < -0.4 is 15.9 Å². The van der Waals surface area contributed by atoms with Crippen molar-refractivity contribution in [1.29, 1.82) is 0 Å². The topological polar surface area (TPSA) is 68.4 Å². The molecule has 0 radical (unpaired) electrons. The number of nitrogens with one attached hydrogen (secondary N) is 2. The predicted octanol–water partition coefficient (Wildman–Crippen LogP) is 1.14. The van der Waals surface area contributed by atoms with Gasteiger partial charge in [0.1, 0.15) is 10.8 Å². The molecule has 8 heteroatoms. The van der Waals surface area contributed by atoms with Gasteiger partial charge < -0.3 is 10.2 Å². The van der Waals surface area contributed by atoms with E-state index in [1.54, 1.807) is 16.7 Å². The van der Waals surface area contributed by atoms with Crippen molar-refractivity contribution in [3.05, 3.63) is 51.8 Å². The van der Waals surface area contributed by atoms with Gasteiger partial charge in [-0.15, -0.1) is 0 Å². The standard InChI is InChI=1S/C20H25FN4O2S/c1-24(2)11-12-25-17-10-6-3-7-14(17)19(23-20(25)27)28-13-18(26)22-16-9-5-4-8-15(16)21/h4-5,8-9H,3,6-7,10-13H2,1-2H3,(H,22,26)/p+1. The fraction of sp³-hybridized carbons (Fsp3) is 0.450. The number of hydrogen-bond acceptors (Lipinski definition) is 4. The van der Waals surface area contributed by atoms with E-state index >= 15 is 0 Å². The van der Waals surface area contributed by atoms with Crippen LogP contribution >= 0.6 is 11.8 Å². The van der Waals surface area contributed by atoms with Crippen molar-refractivity contribution in [1.82, 2.24) is 9.55 Å². The van der Waals surface area contributed by atoms with Crippen molar-refractivity contribution in [3.8, 4) is 0 Å². The number of quaternary nitrogens is 1. The number of thioether (sulfide) groups is 1. The molecule has 0 unspecified atom stereocenters.